The van der Waals surface area contributed by atoms with Gasteiger partial charge in [-0.05, 0) is 56.6 Å². The van der Waals surface area contributed by atoms with Crippen LogP contribution >= 0.6 is 7.82 Å². The molecule has 8 nitrogen and oxygen atoms in total. The Bertz CT molecular complexity index is 973. The van der Waals surface area contributed by atoms with Gasteiger partial charge in [-0.1, -0.05) is 25.5 Å². The zero-order valence-electron chi connectivity index (χ0n) is 18.2. The first-order valence-electron chi connectivity index (χ1n) is 10.8. The van der Waals surface area contributed by atoms with Crippen molar-refractivity contribution < 1.29 is 43.1 Å². The summed E-state index contributed by atoms with van der Waals surface area (Å²) in [6, 6.07) is 0. The molecule has 8 atom stereocenters. The normalized spacial score (nSPS) is 48.0. The Hall–Kier alpha value is -1.22. The molecule has 10 heteroatoms. The van der Waals surface area contributed by atoms with E-state index in [4.69, 9.17) is 0 Å². The molecule has 3 fully saturated rings. The highest BCUT2D eigenvalue weighted by Gasteiger charge is 2.75. The van der Waals surface area contributed by atoms with E-state index in [2.05, 4.69) is 4.52 Å². The average Bonchev–Trinajstić information content (AvgIpc) is 2.89. The van der Waals surface area contributed by atoms with Crippen LogP contribution in [0.1, 0.15) is 46.5 Å². The lowest BCUT2D eigenvalue weighted by molar-refractivity contribution is -0.341. The Kier molecular flexibility index (Phi) is 5.34. The number of halogens is 1. The van der Waals surface area contributed by atoms with Gasteiger partial charge in [0.05, 0.1) is 13.9 Å². The van der Waals surface area contributed by atoms with E-state index in [-0.39, 0.29) is 18.6 Å². The van der Waals surface area contributed by atoms with Crippen molar-refractivity contribution in [2.45, 2.75) is 63.8 Å². The van der Waals surface area contributed by atoms with Gasteiger partial charge in [-0.15, -0.1) is 0 Å². The van der Waals surface area contributed by atoms with E-state index in [1.807, 2.05) is 0 Å². The molecule has 2 N–H and O–H groups in total. The summed E-state index contributed by atoms with van der Waals surface area (Å²) in [6.07, 6.45) is 3.54. The predicted molar refractivity (Wildman–Crippen MR) is 106 cm³/mol. The maximum atomic E-state index is 17.0. The van der Waals surface area contributed by atoms with Gasteiger partial charge in [-0.25, -0.2) is 4.39 Å². The average molecular weight is 470 g/mol. The highest BCUT2D eigenvalue weighted by Crippen LogP contribution is 2.70. The van der Waals surface area contributed by atoms with Gasteiger partial charge in [-0.3, -0.25) is 9.59 Å². The first-order chi connectivity index (χ1) is 14.6. The third-order valence-corrected chi connectivity index (χ3v) is 9.45. The van der Waals surface area contributed by atoms with Crippen LogP contribution in [-0.2, 0) is 18.7 Å². The van der Waals surface area contributed by atoms with Crippen molar-refractivity contribution in [3.05, 3.63) is 23.8 Å². The summed E-state index contributed by atoms with van der Waals surface area (Å²) in [6.45, 7) is 3.80. The molecule has 0 aromatic heterocycles. The minimum absolute atomic E-state index is 0.224. The van der Waals surface area contributed by atoms with Crippen molar-refractivity contribution in [3.8, 4) is 0 Å². The molecule has 0 aromatic carbocycles. The van der Waals surface area contributed by atoms with E-state index in [0.29, 0.717) is 18.4 Å². The van der Waals surface area contributed by atoms with Gasteiger partial charge in [0.25, 0.3) is 0 Å². The van der Waals surface area contributed by atoms with Crippen LogP contribution in [0.3, 0.4) is 0 Å². The van der Waals surface area contributed by atoms with Crippen molar-refractivity contribution in [1.29, 1.82) is 0 Å². The molecule has 0 aliphatic heterocycles. The molecule has 0 unspecified atom stereocenters. The minimum Gasteiger partial charge on any atom is -0.790 e. The third kappa shape index (κ3) is 2.95. The molecule has 0 aromatic rings. The van der Waals surface area contributed by atoms with E-state index < -0.39 is 66.2 Å². The van der Waals surface area contributed by atoms with E-state index in [0.717, 1.165) is 0 Å². The largest absolute Gasteiger partial charge is 0.790 e. The minimum atomic E-state index is -5.43. The molecule has 178 valence electrons. The fraction of sp³-hybridized carbons (Fsp3) is 0.727. The molecule has 0 spiro atoms. The summed E-state index contributed by atoms with van der Waals surface area (Å²) in [4.78, 5) is 46.6. The second-order valence-corrected chi connectivity index (χ2v) is 11.5. The Morgan fingerprint density at radius 3 is 2.62 bits per heavy atom. The first kappa shape index (κ1) is 23.9. The van der Waals surface area contributed by atoms with Crippen LogP contribution in [0.4, 0.5) is 4.39 Å². The maximum absolute atomic E-state index is 17.0. The number of hydrogen-bond donors (Lipinski definition) is 2. The zero-order chi connectivity index (χ0) is 23.9. The van der Waals surface area contributed by atoms with Crippen LogP contribution < -0.4 is 9.79 Å². The number of allylic oxidation sites excluding steroid dienone is 4. The van der Waals surface area contributed by atoms with Crippen molar-refractivity contribution in [2.24, 2.45) is 28.6 Å². The van der Waals surface area contributed by atoms with Gasteiger partial charge in [-0.2, -0.15) is 0 Å². The van der Waals surface area contributed by atoms with Crippen molar-refractivity contribution in [1.82, 2.24) is 0 Å². The SMILES string of the molecule is C[C@H]1C[C@@H]2[C@H]3CCC4=CC(=O)C=C[C@]4(C)[C@]3(F)[C@@H](O)C[C@]2(C)[C@]1(O)C(=O)COP(=O)([O-])[O-]. The molecule has 4 aliphatic carbocycles. The number of hydrogen-bond acceptors (Lipinski definition) is 8. The van der Waals surface area contributed by atoms with E-state index in [9.17, 15) is 34.2 Å². The quantitative estimate of drug-likeness (QED) is 0.572. The van der Waals surface area contributed by atoms with Crippen LogP contribution in [0.2, 0.25) is 0 Å². The van der Waals surface area contributed by atoms with E-state index in [1.54, 1.807) is 20.8 Å². The summed E-state index contributed by atoms with van der Waals surface area (Å²) in [5, 5.41) is 22.8. The Morgan fingerprint density at radius 2 is 2.00 bits per heavy atom. The number of fused-ring (bicyclic) bond motifs is 5. The van der Waals surface area contributed by atoms with Crippen LogP contribution in [0.25, 0.3) is 0 Å². The number of rotatable bonds is 4. The molecular weight excluding hydrogens is 442 g/mol. The summed E-state index contributed by atoms with van der Waals surface area (Å²) in [5.74, 6) is -3.06. The summed E-state index contributed by atoms with van der Waals surface area (Å²) >= 11 is 0. The number of carbonyl (C=O) groups is 2. The number of Topliss-reactive ketones (excluding diaryl/α,β-unsaturated/α-hetero) is 1. The lowest BCUT2D eigenvalue weighted by Crippen LogP contribution is -2.69. The van der Waals surface area contributed by atoms with Crippen LogP contribution in [0, 0.1) is 28.6 Å². The molecule has 0 amide bonds. The molecule has 0 bridgehead atoms. The Balaban J connectivity index is 1.74. The lowest BCUT2D eigenvalue weighted by atomic mass is 9.44. The second-order valence-electron chi connectivity index (χ2n) is 10.3. The molecule has 0 radical (unpaired) electrons. The maximum Gasteiger partial charge on any atom is 0.191 e. The highest BCUT2D eigenvalue weighted by atomic mass is 31.2. The smallest absolute Gasteiger partial charge is 0.191 e. The summed E-state index contributed by atoms with van der Waals surface area (Å²) in [7, 11) is -5.43. The van der Waals surface area contributed by atoms with E-state index in [1.165, 1.54) is 18.2 Å². The molecule has 0 saturated heterocycles. The molecular formula is C22H28FO8P-2. The van der Waals surface area contributed by atoms with E-state index >= 15 is 4.39 Å². The monoisotopic (exact) mass is 470 g/mol. The molecule has 32 heavy (non-hydrogen) atoms. The first-order valence-corrected chi connectivity index (χ1v) is 12.3. The van der Waals surface area contributed by atoms with Crippen LogP contribution in [-0.4, -0.2) is 45.8 Å². The zero-order valence-corrected chi connectivity index (χ0v) is 19.1. The number of ketones is 2. The van der Waals surface area contributed by atoms with Gasteiger partial charge in [0, 0.05) is 16.7 Å². The number of phosphoric ester groups is 1. The van der Waals surface area contributed by atoms with Gasteiger partial charge in [0.2, 0.25) is 0 Å². The van der Waals surface area contributed by atoms with Crippen LogP contribution in [0.5, 0.6) is 0 Å². The van der Waals surface area contributed by atoms with Gasteiger partial charge >= 0.3 is 0 Å². The third-order valence-electron chi connectivity index (χ3n) is 9.00. The van der Waals surface area contributed by atoms with Crippen molar-refractivity contribution >= 4 is 19.4 Å². The predicted octanol–water partition coefficient (Wildman–Crippen LogP) is 0.749. The molecule has 4 rings (SSSR count). The molecule has 3 saturated carbocycles. The summed E-state index contributed by atoms with van der Waals surface area (Å²) in [5.41, 5.74) is -6.03. The number of aliphatic hydroxyl groups excluding tert-OH is 1. The number of aliphatic hydroxyl groups is 2. The topological polar surface area (TPSA) is 147 Å². The lowest BCUT2D eigenvalue weighted by Gasteiger charge is -2.62. The Morgan fingerprint density at radius 1 is 1.34 bits per heavy atom. The van der Waals surface area contributed by atoms with Crippen molar-refractivity contribution in [3.63, 3.8) is 0 Å². The van der Waals surface area contributed by atoms with Gasteiger partial charge < -0.3 is 29.1 Å². The van der Waals surface area contributed by atoms with Crippen LogP contribution in [0.15, 0.2) is 23.8 Å². The standard InChI is InChI=1S/C22H30FO8P/c1-12-8-16-15-5-4-13-9-14(24)6-7-19(13,2)21(15,23)17(25)10-20(16,3)22(12,27)18(26)11-31-32(28,29)30/h6-7,9,12,15-17,25,27H,4-5,8,10-11H2,1-3H3,(H2,28,29,30)/p-2/t12-,15+,16+,17-,19-,20-,21+,22+/m0/s1. The highest BCUT2D eigenvalue weighted by molar-refractivity contribution is 7.43. The number of carbonyl (C=O) groups excluding carboxylic acids is 2. The second kappa shape index (κ2) is 7.14. The summed E-state index contributed by atoms with van der Waals surface area (Å²) < 4.78 is 32.0. The van der Waals surface area contributed by atoms with Crippen molar-refractivity contribution in [2.75, 3.05) is 6.61 Å². The Labute approximate surface area is 185 Å². The molecule has 4 aliphatic rings. The fourth-order valence-corrected chi connectivity index (χ4v) is 7.66. The molecule has 0 heterocycles. The van der Waals surface area contributed by atoms with Gasteiger partial charge in [0.1, 0.15) is 12.2 Å². The fourth-order valence-electron chi connectivity index (χ4n) is 7.39. The number of phosphoric acid groups is 1. The van der Waals surface area contributed by atoms with Gasteiger partial charge in [0.15, 0.2) is 17.2 Å². The number of alkyl halides is 1.